The molecule has 14 heavy (non-hydrogen) atoms. The zero-order valence-corrected chi connectivity index (χ0v) is 15.1. The van der Waals surface area contributed by atoms with Crippen LogP contribution in [0.3, 0.4) is 0 Å². The molecule has 0 aromatic rings. The average molecular weight is 305 g/mol. The van der Waals surface area contributed by atoms with Gasteiger partial charge in [0.25, 0.3) is 0 Å². The second kappa shape index (κ2) is 6.39. The quantitative estimate of drug-likeness (QED) is 0.494. The smallest absolute Gasteiger partial charge is 1.00 e. The first-order chi connectivity index (χ1) is 5.40. The minimum absolute atomic E-state index is 0. The monoisotopic (exact) mass is 303 g/mol. The Morgan fingerprint density at radius 2 is 1.43 bits per heavy atom. The van der Waals surface area contributed by atoms with Gasteiger partial charge in [0.15, 0.2) is 0 Å². The number of hydrogen-bond donors (Lipinski definition) is 0. The maximum absolute atomic E-state index is 3.98. The molecule has 0 spiro atoms. The first-order valence-electron chi connectivity index (χ1n) is 4.97. The topological polar surface area (TPSA) is 3.24 Å². The molecule has 0 bridgehead atoms. The van der Waals surface area contributed by atoms with Crippen LogP contribution in [0, 0.1) is 6.92 Å². The average Bonchev–Trinajstić information content (AvgIpc) is 2.13. The van der Waals surface area contributed by atoms with Crippen molar-refractivity contribution in [3.05, 3.63) is 6.92 Å². The van der Waals surface area contributed by atoms with Crippen molar-refractivity contribution in [2.24, 2.45) is 0 Å². The summed E-state index contributed by atoms with van der Waals surface area (Å²) in [5.74, 6) is 0. The molecular formula is C9H22BrMgNSi2. The molecule has 1 aliphatic rings. The van der Waals surface area contributed by atoms with Crippen molar-refractivity contribution in [3.8, 4) is 0 Å². The van der Waals surface area contributed by atoms with Crippen LogP contribution in [0.25, 0.3) is 0 Å². The molecule has 80 valence electrons. The van der Waals surface area contributed by atoms with Crippen molar-refractivity contribution in [1.29, 1.82) is 0 Å². The van der Waals surface area contributed by atoms with Gasteiger partial charge in [-0.05, 0) is 18.6 Å². The summed E-state index contributed by atoms with van der Waals surface area (Å²) in [5, 5.41) is 0. The van der Waals surface area contributed by atoms with E-state index in [0.717, 1.165) is 6.42 Å². The third-order valence-electron chi connectivity index (χ3n) is 3.19. The van der Waals surface area contributed by atoms with Crippen LogP contribution in [0.5, 0.6) is 0 Å². The van der Waals surface area contributed by atoms with Gasteiger partial charge in [-0.2, -0.15) is 6.42 Å². The van der Waals surface area contributed by atoms with E-state index in [1.807, 2.05) is 0 Å². The summed E-state index contributed by atoms with van der Waals surface area (Å²) in [6.45, 7) is 15.3. The molecule has 0 radical (unpaired) electrons. The van der Waals surface area contributed by atoms with E-state index >= 15 is 0 Å². The van der Waals surface area contributed by atoms with Crippen LogP contribution in [0.2, 0.25) is 38.3 Å². The van der Waals surface area contributed by atoms with Gasteiger partial charge in [0.05, 0.1) is 0 Å². The van der Waals surface area contributed by atoms with Crippen molar-refractivity contribution in [2.75, 3.05) is 6.54 Å². The number of hydrogen-bond acceptors (Lipinski definition) is 1. The minimum atomic E-state index is -0.971. The van der Waals surface area contributed by atoms with Crippen LogP contribution in [0.15, 0.2) is 0 Å². The molecule has 0 atom stereocenters. The Balaban J connectivity index is 0. The summed E-state index contributed by atoms with van der Waals surface area (Å²) < 4.78 is 2.88. The zero-order valence-electron chi connectivity index (χ0n) is 10.1. The molecule has 1 nitrogen and oxygen atoms in total. The Kier molecular flexibility index (Phi) is 8.23. The molecule has 1 heterocycles. The van der Waals surface area contributed by atoms with Gasteiger partial charge in [0.1, 0.15) is 16.5 Å². The van der Waals surface area contributed by atoms with Gasteiger partial charge in [0.2, 0.25) is 0 Å². The molecule has 0 aromatic heterocycles. The summed E-state index contributed by atoms with van der Waals surface area (Å²) >= 11 is 0. The molecule has 0 amide bonds. The Bertz CT molecular complexity index is 160. The van der Waals surface area contributed by atoms with Crippen LogP contribution in [0.1, 0.15) is 6.42 Å². The van der Waals surface area contributed by atoms with Crippen LogP contribution >= 0.6 is 0 Å². The number of rotatable bonds is 2. The fraction of sp³-hybridized carbons (Fsp3) is 0.889. The summed E-state index contributed by atoms with van der Waals surface area (Å²) in [6.07, 6.45) is 1.09. The van der Waals surface area contributed by atoms with E-state index in [4.69, 9.17) is 0 Å². The van der Waals surface area contributed by atoms with E-state index in [-0.39, 0.29) is 40.0 Å². The Morgan fingerprint density at radius 1 is 1.07 bits per heavy atom. The first-order valence-corrected chi connectivity index (χ1v) is 11.3. The molecule has 0 unspecified atom stereocenters. The van der Waals surface area contributed by atoms with Gasteiger partial charge in [-0.25, -0.2) is 0 Å². The molecule has 0 aromatic carbocycles. The van der Waals surface area contributed by atoms with Gasteiger partial charge in [-0.3, -0.25) is 0 Å². The molecule has 5 heteroatoms. The van der Waals surface area contributed by atoms with Crippen molar-refractivity contribution >= 4 is 39.5 Å². The van der Waals surface area contributed by atoms with Gasteiger partial charge >= 0.3 is 23.1 Å². The predicted molar refractivity (Wildman–Crippen MR) is 67.0 cm³/mol. The largest absolute Gasteiger partial charge is 2.00 e. The fourth-order valence-electron chi connectivity index (χ4n) is 2.46. The van der Waals surface area contributed by atoms with E-state index in [1.165, 1.54) is 18.6 Å². The molecule has 0 saturated carbocycles. The zero-order chi connectivity index (χ0) is 9.41. The van der Waals surface area contributed by atoms with Crippen LogP contribution < -0.4 is 17.0 Å². The number of halogens is 1. The van der Waals surface area contributed by atoms with Crippen molar-refractivity contribution < 1.29 is 17.0 Å². The fourth-order valence-corrected chi connectivity index (χ4v) is 16.7. The Hall–Kier alpha value is 1.64. The Morgan fingerprint density at radius 3 is 1.71 bits per heavy atom. The summed E-state index contributed by atoms with van der Waals surface area (Å²) in [7, 11) is -1.94. The van der Waals surface area contributed by atoms with Crippen molar-refractivity contribution in [1.82, 2.24) is 4.23 Å². The molecular weight excluding hydrogens is 282 g/mol. The minimum Gasteiger partial charge on any atom is -1.00 e. The first kappa shape index (κ1) is 18.0. The van der Waals surface area contributed by atoms with Gasteiger partial charge in [-0.15, -0.1) is 0 Å². The van der Waals surface area contributed by atoms with Gasteiger partial charge in [-0.1, -0.05) is 26.2 Å². The van der Waals surface area contributed by atoms with Gasteiger partial charge < -0.3 is 28.1 Å². The standard InChI is InChI=1S/C9H22NSi2.BrH.Mg/c1-6-7-10-11(2,3)8-9-12(10,4)5;;/h1,6-9H2,2-5H3;1H;/q-1;;+2/p-1. The predicted octanol–water partition coefficient (Wildman–Crippen LogP) is -0.440. The summed E-state index contributed by atoms with van der Waals surface area (Å²) in [6, 6.07) is 3.04. The summed E-state index contributed by atoms with van der Waals surface area (Å²) in [4.78, 5) is 0. The molecule has 1 saturated heterocycles. The second-order valence-electron chi connectivity index (χ2n) is 5.13. The number of nitrogens with zero attached hydrogens (tertiary/aromatic N) is 1. The SMILES string of the molecule is [Br-].[CH2-]CCN1[Si](C)(C)CC[Si]1(C)C.[Mg+2]. The maximum Gasteiger partial charge on any atom is 2.00 e. The van der Waals surface area contributed by atoms with E-state index in [2.05, 4.69) is 37.3 Å². The molecule has 1 rings (SSSR count). The van der Waals surface area contributed by atoms with Crippen molar-refractivity contribution in [2.45, 2.75) is 44.7 Å². The second-order valence-corrected chi connectivity index (χ2v) is 14.9. The van der Waals surface area contributed by atoms with E-state index in [9.17, 15) is 0 Å². The normalized spacial score (nSPS) is 23.8. The molecule has 0 aliphatic carbocycles. The van der Waals surface area contributed by atoms with E-state index < -0.39 is 16.5 Å². The van der Waals surface area contributed by atoms with Crippen LogP contribution in [-0.4, -0.2) is 50.3 Å². The molecule has 1 aliphatic heterocycles. The van der Waals surface area contributed by atoms with Gasteiger partial charge in [0, 0.05) is 0 Å². The van der Waals surface area contributed by atoms with Crippen LogP contribution in [-0.2, 0) is 0 Å². The van der Waals surface area contributed by atoms with Crippen molar-refractivity contribution in [3.63, 3.8) is 0 Å². The Labute approximate surface area is 118 Å². The third-order valence-corrected chi connectivity index (χ3v) is 13.6. The van der Waals surface area contributed by atoms with Crippen LogP contribution in [0.4, 0.5) is 0 Å². The third kappa shape index (κ3) is 3.90. The molecule has 1 fully saturated rings. The molecule has 0 N–H and O–H groups in total. The summed E-state index contributed by atoms with van der Waals surface area (Å²) in [5.41, 5.74) is 0. The van der Waals surface area contributed by atoms with E-state index in [0.29, 0.717) is 0 Å². The van der Waals surface area contributed by atoms with E-state index in [1.54, 1.807) is 0 Å². The maximum atomic E-state index is 3.98.